The molecule has 1 aromatic heterocycles. The smallest absolute Gasteiger partial charge is 0.253 e. The van der Waals surface area contributed by atoms with Crippen LogP contribution >= 0.6 is 0 Å². The monoisotopic (exact) mass is 261 g/mol. The Labute approximate surface area is 112 Å². The van der Waals surface area contributed by atoms with Crippen molar-refractivity contribution in [2.75, 3.05) is 0 Å². The van der Waals surface area contributed by atoms with Gasteiger partial charge in [0.1, 0.15) is 5.75 Å². The molecule has 2 aromatic rings. The molecule has 2 N–H and O–H groups in total. The molecule has 0 bridgehead atoms. The molecule has 1 aromatic carbocycles. The molecule has 0 aliphatic heterocycles. The number of rotatable bonds is 6. The van der Waals surface area contributed by atoms with E-state index < -0.39 is 0 Å². The molecule has 1 atom stereocenters. The van der Waals surface area contributed by atoms with Crippen molar-refractivity contribution in [1.82, 2.24) is 10.2 Å². The van der Waals surface area contributed by atoms with E-state index in [1.807, 2.05) is 38.1 Å². The predicted molar refractivity (Wildman–Crippen MR) is 71.7 cm³/mol. The Balaban J connectivity index is 2.06. The van der Waals surface area contributed by atoms with Gasteiger partial charge in [0.15, 0.2) is 6.61 Å². The summed E-state index contributed by atoms with van der Waals surface area (Å²) in [7, 11) is 0. The number of hydrogen-bond acceptors (Lipinski definition) is 5. The van der Waals surface area contributed by atoms with Crippen LogP contribution in [0.25, 0.3) is 0 Å². The van der Waals surface area contributed by atoms with Gasteiger partial charge >= 0.3 is 0 Å². The molecule has 2 rings (SSSR count). The fraction of sp³-hybridized carbons (Fsp3) is 0.429. The van der Waals surface area contributed by atoms with E-state index in [1.54, 1.807) is 0 Å². The number of nitrogens with zero attached hydrogens (tertiary/aromatic N) is 2. The Bertz CT molecular complexity index is 525. The van der Waals surface area contributed by atoms with Gasteiger partial charge in [-0.3, -0.25) is 0 Å². The summed E-state index contributed by atoms with van der Waals surface area (Å²) in [6.45, 7) is 4.28. The molecule has 1 unspecified atom stereocenters. The lowest BCUT2D eigenvalue weighted by atomic mass is 10.0. The second-order valence-electron chi connectivity index (χ2n) is 4.28. The van der Waals surface area contributed by atoms with Crippen LogP contribution in [0.3, 0.4) is 0 Å². The molecule has 19 heavy (non-hydrogen) atoms. The quantitative estimate of drug-likeness (QED) is 0.865. The van der Waals surface area contributed by atoms with Crippen LogP contribution in [0.5, 0.6) is 5.75 Å². The number of ether oxygens (including phenoxy) is 1. The van der Waals surface area contributed by atoms with Crippen LogP contribution in [0, 0.1) is 0 Å². The maximum Gasteiger partial charge on any atom is 0.253 e. The summed E-state index contributed by atoms with van der Waals surface area (Å²) in [6.07, 6.45) is 1.59. The highest BCUT2D eigenvalue weighted by Crippen LogP contribution is 2.25. The molecule has 0 spiro atoms. The lowest BCUT2D eigenvalue weighted by Crippen LogP contribution is -2.10. The van der Waals surface area contributed by atoms with Crippen molar-refractivity contribution in [3.8, 4) is 5.75 Å². The van der Waals surface area contributed by atoms with Gasteiger partial charge in [0.05, 0.1) is 0 Å². The van der Waals surface area contributed by atoms with Crippen LogP contribution in [0.4, 0.5) is 0 Å². The molecule has 1 heterocycles. The third-order valence-electron chi connectivity index (χ3n) is 2.92. The van der Waals surface area contributed by atoms with Crippen molar-refractivity contribution in [2.45, 2.75) is 39.3 Å². The molecule has 5 heteroatoms. The molecule has 0 saturated heterocycles. The first-order chi connectivity index (χ1) is 9.24. The van der Waals surface area contributed by atoms with Crippen LogP contribution in [0.2, 0.25) is 0 Å². The third-order valence-corrected chi connectivity index (χ3v) is 2.92. The predicted octanol–water partition coefficient (Wildman–Crippen LogP) is 2.62. The van der Waals surface area contributed by atoms with Gasteiger partial charge in [-0.25, -0.2) is 0 Å². The second-order valence-corrected chi connectivity index (χ2v) is 4.28. The van der Waals surface area contributed by atoms with Crippen molar-refractivity contribution in [1.29, 1.82) is 0 Å². The normalized spacial score (nSPS) is 12.4. The van der Waals surface area contributed by atoms with Crippen LogP contribution in [0.1, 0.15) is 43.7 Å². The highest BCUT2D eigenvalue weighted by atomic mass is 16.5. The third kappa shape index (κ3) is 3.32. The van der Waals surface area contributed by atoms with Crippen LogP contribution in [-0.2, 0) is 13.0 Å². The Morgan fingerprint density at radius 3 is 2.63 bits per heavy atom. The minimum atomic E-state index is -0.0231. The average Bonchev–Trinajstić information content (AvgIpc) is 2.92. The molecule has 0 aliphatic rings. The highest BCUT2D eigenvalue weighted by Gasteiger charge is 2.11. The van der Waals surface area contributed by atoms with E-state index in [2.05, 4.69) is 10.2 Å². The zero-order valence-corrected chi connectivity index (χ0v) is 11.3. The lowest BCUT2D eigenvalue weighted by molar-refractivity contribution is 0.255. The van der Waals surface area contributed by atoms with Crippen LogP contribution in [0.15, 0.2) is 28.7 Å². The Morgan fingerprint density at radius 1 is 1.21 bits per heavy atom. The first kappa shape index (κ1) is 13.5. The summed E-state index contributed by atoms with van der Waals surface area (Å²) in [5.74, 6) is 1.88. The largest absolute Gasteiger partial charge is 0.483 e. The average molecular weight is 261 g/mol. The summed E-state index contributed by atoms with van der Waals surface area (Å²) in [5, 5.41) is 7.82. The topological polar surface area (TPSA) is 74.2 Å². The van der Waals surface area contributed by atoms with Gasteiger partial charge in [0.25, 0.3) is 5.89 Å². The number of aromatic nitrogens is 2. The minimum absolute atomic E-state index is 0.0231. The maximum absolute atomic E-state index is 6.06. The maximum atomic E-state index is 6.06. The first-order valence-corrected chi connectivity index (χ1v) is 6.53. The Morgan fingerprint density at radius 2 is 1.95 bits per heavy atom. The van der Waals surface area contributed by atoms with Crippen LogP contribution in [-0.4, -0.2) is 10.2 Å². The molecule has 0 amide bonds. The van der Waals surface area contributed by atoms with Gasteiger partial charge in [0.2, 0.25) is 5.89 Å². The summed E-state index contributed by atoms with van der Waals surface area (Å²) in [6, 6.07) is 7.74. The zero-order valence-electron chi connectivity index (χ0n) is 11.3. The summed E-state index contributed by atoms with van der Waals surface area (Å²) in [4.78, 5) is 0. The van der Waals surface area contributed by atoms with E-state index >= 15 is 0 Å². The van der Waals surface area contributed by atoms with Gasteiger partial charge in [-0.05, 0) is 12.5 Å². The van der Waals surface area contributed by atoms with E-state index in [0.717, 1.165) is 24.2 Å². The molecule has 0 aliphatic carbocycles. The summed E-state index contributed by atoms with van der Waals surface area (Å²) in [5.41, 5.74) is 7.06. The lowest BCUT2D eigenvalue weighted by Gasteiger charge is -2.14. The summed E-state index contributed by atoms with van der Waals surface area (Å²) >= 11 is 0. The Hall–Kier alpha value is -1.88. The highest BCUT2D eigenvalue weighted by molar-refractivity contribution is 5.35. The van der Waals surface area contributed by atoms with E-state index in [-0.39, 0.29) is 12.6 Å². The van der Waals surface area contributed by atoms with Gasteiger partial charge in [0, 0.05) is 18.0 Å². The van der Waals surface area contributed by atoms with Crippen molar-refractivity contribution >= 4 is 0 Å². The van der Waals surface area contributed by atoms with E-state index in [0.29, 0.717) is 11.8 Å². The van der Waals surface area contributed by atoms with Crippen molar-refractivity contribution in [3.63, 3.8) is 0 Å². The van der Waals surface area contributed by atoms with Gasteiger partial charge in [-0.15, -0.1) is 10.2 Å². The Kier molecular flexibility index (Phi) is 4.52. The fourth-order valence-electron chi connectivity index (χ4n) is 1.77. The summed E-state index contributed by atoms with van der Waals surface area (Å²) < 4.78 is 11.1. The fourth-order valence-corrected chi connectivity index (χ4v) is 1.77. The van der Waals surface area contributed by atoms with E-state index in [9.17, 15) is 0 Å². The van der Waals surface area contributed by atoms with Crippen molar-refractivity contribution in [2.24, 2.45) is 5.73 Å². The molecule has 102 valence electrons. The molecule has 0 radical (unpaired) electrons. The number of benzene rings is 1. The number of aryl methyl sites for hydroxylation is 1. The minimum Gasteiger partial charge on any atom is -0.483 e. The van der Waals surface area contributed by atoms with E-state index in [4.69, 9.17) is 14.9 Å². The molecule has 0 fully saturated rings. The number of hydrogen-bond donors (Lipinski definition) is 1. The zero-order chi connectivity index (χ0) is 13.7. The van der Waals surface area contributed by atoms with Gasteiger partial charge in [-0.1, -0.05) is 32.0 Å². The standard InChI is InChI=1S/C14H19N3O2/c1-3-11(15)10-7-5-6-8-12(10)18-9-14-17-16-13(4-2)19-14/h5-8,11H,3-4,9,15H2,1-2H3. The molecular formula is C14H19N3O2. The molecular weight excluding hydrogens is 242 g/mol. The molecule has 5 nitrogen and oxygen atoms in total. The SMILES string of the molecule is CCc1nnc(COc2ccccc2C(N)CC)o1. The molecule has 0 saturated carbocycles. The van der Waals surface area contributed by atoms with Crippen LogP contribution < -0.4 is 10.5 Å². The van der Waals surface area contributed by atoms with Gasteiger partial charge < -0.3 is 14.9 Å². The van der Waals surface area contributed by atoms with Gasteiger partial charge in [-0.2, -0.15) is 0 Å². The first-order valence-electron chi connectivity index (χ1n) is 6.53. The number of nitrogens with two attached hydrogens (primary N) is 1. The number of para-hydroxylation sites is 1. The van der Waals surface area contributed by atoms with E-state index in [1.165, 1.54) is 0 Å². The van der Waals surface area contributed by atoms with Crippen molar-refractivity contribution in [3.05, 3.63) is 41.6 Å². The second kappa shape index (κ2) is 6.33. The van der Waals surface area contributed by atoms with Crippen molar-refractivity contribution < 1.29 is 9.15 Å².